The molecule has 0 saturated carbocycles. The minimum absolute atomic E-state index is 0.206. The normalized spacial score (nSPS) is 15.1. The first-order valence-corrected chi connectivity index (χ1v) is 5.80. The van der Waals surface area contributed by atoms with Gasteiger partial charge in [0, 0.05) is 18.7 Å². The number of nitrogens with one attached hydrogen (secondary N) is 1. The maximum atomic E-state index is 9.40. The number of aromatic nitrogens is 2. The smallest absolute Gasteiger partial charge is 0.159 e. The van der Waals surface area contributed by atoms with Crippen LogP contribution in [-0.4, -0.2) is 34.3 Å². The Morgan fingerprint density at radius 3 is 2.61 bits per heavy atom. The van der Waals surface area contributed by atoms with Crippen LogP contribution in [0.4, 0.5) is 0 Å². The van der Waals surface area contributed by atoms with E-state index in [2.05, 4.69) is 15.3 Å². The van der Waals surface area contributed by atoms with Crippen LogP contribution in [0.5, 0.6) is 11.5 Å². The molecule has 1 aromatic heterocycles. The van der Waals surface area contributed by atoms with Crippen molar-refractivity contribution in [3.63, 3.8) is 0 Å². The van der Waals surface area contributed by atoms with Gasteiger partial charge < -0.3 is 15.2 Å². The molecular weight excluding hydrogens is 230 g/mol. The van der Waals surface area contributed by atoms with Crippen LogP contribution < -0.4 is 10.1 Å². The molecule has 0 aliphatic carbocycles. The predicted octanol–water partition coefficient (Wildman–Crippen LogP) is 1.20. The SMILES string of the molecule is Oc1cccc(-c2ncc(OC3CNC3)cn2)c1. The monoisotopic (exact) mass is 243 g/mol. The zero-order valence-electron chi connectivity index (χ0n) is 9.71. The third-order valence-corrected chi connectivity index (χ3v) is 2.78. The largest absolute Gasteiger partial charge is 0.508 e. The van der Waals surface area contributed by atoms with E-state index in [1.807, 2.05) is 6.07 Å². The van der Waals surface area contributed by atoms with Crippen LogP contribution in [0.3, 0.4) is 0 Å². The van der Waals surface area contributed by atoms with Gasteiger partial charge in [0.05, 0.1) is 12.4 Å². The summed E-state index contributed by atoms with van der Waals surface area (Å²) in [6.07, 6.45) is 3.54. The number of rotatable bonds is 3. The summed E-state index contributed by atoms with van der Waals surface area (Å²) >= 11 is 0. The Hall–Kier alpha value is -2.14. The van der Waals surface area contributed by atoms with E-state index in [4.69, 9.17) is 4.74 Å². The van der Waals surface area contributed by atoms with Gasteiger partial charge in [-0.15, -0.1) is 0 Å². The standard InChI is InChI=1S/C13H13N3O2/c17-10-3-1-2-9(4-10)13-15-7-12(8-16-13)18-11-5-14-6-11/h1-4,7-8,11,14,17H,5-6H2. The maximum absolute atomic E-state index is 9.40. The average molecular weight is 243 g/mol. The number of phenols is 1. The molecule has 1 aliphatic rings. The third-order valence-electron chi connectivity index (χ3n) is 2.78. The van der Waals surface area contributed by atoms with E-state index in [0.29, 0.717) is 11.6 Å². The van der Waals surface area contributed by atoms with Crippen molar-refractivity contribution in [1.82, 2.24) is 15.3 Å². The van der Waals surface area contributed by atoms with Gasteiger partial charge in [0.1, 0.15) is 11.9 Å². The first-order chi connectivity index (χ1) is 8.81. The van der Waals surface area contributed by atoms with Crippen LogP contribution in [0.1, 0.15) is 0 Å². The van der Waals surface area contributed by atoms with Crippen LogP contribution in [0.25, 0.3) is 11.4 Å². The number of nitrogens with zero attached hydrogens (tertiary/aromatic N) is 2. The van der Waals surface area contributed by atoms with Crippen molar-refractivity contribution in [1.29, 1.82) is 0 Å². The van der Waals surface area contributed by atoms with Gasteiger partial charge in [0.2, 0.25) is 0 Å². The Kier molecular flexibility index (Phi) is 2.82. The van der Waals surface area contributed by atoms with Gasteiger partial charge in [-0.3, -0.25) is 0 Å². The van der Waals surface area contributed by atoms with E-state index >= 15 is 0 Å². The molecule has 0 atom stereocenters. The highest BCUT2D eigenvalue weighted by molar-refractivity contribution is 5.57. The summed E-state index contributed by atoms with van der Waals surface area (Å²) in [6, 6.07) is 6.86. The summed E-state index contributed by atoms with van der Waals surface area (Å²) in [5.74, 6) is 1.45. The highest BCUT2D eigenvalue weighted by atomic mass is 16.5. The number of hydrogen-bond donors (Lipinski definition) is 2. The van der Waals surface area contributed by atoms with Crippen LogP contribution in [0.2, 0.25) is 0 Å². The fourth-order valence-corrected chi connectivity index (χ4v) is 1.71. The Bertz CT molecular complexity index is 538. The minimum Gasteiger partial charge on any atom is -0.508 e. The lowest BCUT2D eigenvalue weighted by molar-refractivity contribution is 0.141. The molecule has 2 N–H and O–H groups in total. The molecule has 0 radical (unpaired) electrons. The summed E-state index contributed by atoms with van der Waals surface area (Å²) in [5.41, 5.74) is 0.784. The van der Waals surface area contributed by atoms with Crippen molar-refractivity contribution in [3.05, 3.63) is 36.7 Å². The molecular formula is C13H13N3O2. The molecule has 0 bridgehead atoms. The van der Waals surface area contributed by atoms with Gasteiger partial charge in [-0.05, 0) is 12.1 Å². The molecule has 1 saturated heterocycles. The van der Waals surface area contributed by atoms with E-state index in [-0.39, 0.29) is 11.9 Å². The lowest BCUT2D eigenvalue weighted by Gasteiger charge is -2.27. The fraction of sp³-hybridized carbons (Fsp3) is 0.231. The van der Waals surface area contributed by atoms with Crippen LogP contribution >= 0.6 is 0 Å². The number of hydrogen-bond acceptors (Lipinski definition) is 5. The molecule has 18 heavy (non-hydrogen) atoms. The van der Waals surface area contributed by atoms with E-state index in [1.165, 1.54) is 0 Å². The zero-order chi connectivity index (χ0) is 12.4. The second-order valence-electron chi connectivity index (χ2n) is 4.19. The number of aromatic hydroxyl groups is 1. The van der Waals surface area contributed by atoms with Crippen LogP contribution in [0, 0.1) is 0 Å². The highest BCUT2D eigenvalue weighted by Crippen LogP contribution is 2.21. The maximum Gasteiger partial charge on any atom is 0.159 e. The van der Waals surface area contributed by atoms with Crippen LogP contribution in [0.15, 0.2) is 36.7 Å². The molecule has 1 aromatic carbocycles. The summed E-state index contributed by atoms with van der Waals surface area (Å²) in [4.78, 5) is 8.47. The molecule has 1 aliphatic heterocycles. The van der Waals surface area contributed by atoms with E-state index in [0.717, 1.165) is 18.7 Å². The molecule has 5 nitrogen and oxygen atoms in total. The molecule has 2 heterocycles. The van der Waals surface area contributed by atoms with Crippen molar-refractivity contribution < 1.29 is 9.84 Å². The van der Waals surface area contributed by atoms with Gasteiger partial charge in [-0.1, -0.05) is 12.1 Å². The van der Waals surface area contributed by atoms with Gasteiger partial charge in [0.25, 0.3) is 0 Å². The van der Waals surface area contributed by atoms with Gasteiger partial charge in [-0.25, -0.2) is 9.97 Å². The third kappa shape index (κ3) is 2.26. The Labute approximate surface area is 104 Å². The molecule has 3 rings (SSSR count). The zero-order valence-corrected chi connectivity index (χ0v) is 9.71. The molecule has 0 amide bonds. The summed E-state index contributed by atoms with van der Waals surface area (Å²) < 4.78 is 5.63. The summed E-state index contributed by atoms with van der Waals surface area (Å²) in [6.45, 7) is 1.74. The number of benzene rings is 1. The van der Waals surface area contributed by atoms with E-state index in [1.54, 1.807) is 30.6 Å². The predicted molar refractivity (Wildman–Crippen MR) is 66.4 cm³/mol. The minimum atomic E-state index is 0.206. The number of phenolic OH excluding ortho intramolecular Hbond substituents is 1. The molecule has 0 spiro atoms. The lowest BCUT2D eigenvalue weighted by Crippen LogP contribution is -2.50. The van der Waals surface area contributed by atoms with Crippen molar-refractivity contribution in [3.8, 4) is 22.9 Å². The van der Waals surface area contributed by atoms with E-state index < -0.39 is 0 Å². The molecule has 1 fully saturated rings. The Balaban J connectivity index is 1.77. The summed E-state index contributed by atoms with van der Waals surface area (Å²) in [5, 5.41) is 12.5. The van der Waals surface area contributed by atoms with Crippen molar-refractivity contribution in [2.45, 2.75) is 6.10 Å². The Morgan fingerprint density at radius 1 is 1.22 bits per heavy atom. The molecule has 2 aromatic rings. The second kappa shape index (κ2) is 4.62. The van der Waals surface area contributed by atoms with Gasteiger partial charge in [-0.2, -0.15) is 0 Å². The molecule has 0 unspecified atom stereocenters. The molecule has 5 heteroatoms. The van der Waals surface area contributed by atoms with Crippen LogP contribution in [-0.2, 0) is 0 Å². The van der Waals surface area contributed by atoms with Gasteiger partial charge in [0.15, 0.2) is 11.6 Å². The molecule has 92 valence electrons. The average Bonchev–Trinajstić information content (AvgIpc) is 2.35. The second-order valence-corrected chi connectivity index (χ2v) is 4.19. The fourth-order valence-electron chi connectivity index (χ4n) is 1.71. The van der Waals surface area contributed by atoms with Crippen molar-refractivity contribution >= 4 is 0 Å². The Morgan fingerprint density at radius 2 is 2.00 bits per heavy atom. The van der Waals surface area contributed by atoms with E-state index in [9.17, 15) is 5.11 Å². The van der Waals surface area contributed by atoms with Crippen molar-refractivity contribution in [2.75, 3.05) is 13.1 Å². The quantitative estimate of drug-likeness (QED) is 0.847. The topological polar surface area (TPSA) is 67.3 Å². The first kappa shape index (κ1) is 11.0. The summed E-state index contributed by atoms with van der Waals surface area (Å²) in [7, 11) is 0. The highest BCUT2D eigenvalue weighted by Gasteiger charge is 2.18. The first-order valence-electron chi connectivity index (χ1n) is 5.80. The lowest BCUT2D eigenvalue weighted by atomic mass is 10.2. The number of ether oxygens (including phenoxy) is 1. The van der Waals surface area contributed by atoms with Gasteiger partial charge >= 0.3 is 0 Å². The van der Waals surface area contributed by atoms with Crippen molar-refractivity contribution in [2.24, 2.45) is 0 Å².